The Bertz CT molecular complexity index is 356. The molecule has 1 rings (SSSR count). The number of aromatic nitrogens is 1. The molecule has 1 heterocycles. The maximum absolute atomic E-state index is 11.8. The average molecular weight is 320 g/mol. The van der Waals surface area contributed by atoms with E-state index in [4.69, 9.17) is 10.8 Å². The quantitative estimate of drug-likeness (QED) is 0.612. The summed E-state index contributed by atoms with van der Waals surface area (Å²) in [5.41, 5.74) is 4.69. The van der Waals surface area contributed by atoms with E-state index in [2.05, 4.69) is 9.72 Å². The van der Waals surface area contributed by atoms with Crippen molar-refractivity contribution in [3.05, 3.63) is 9.90 Å². The van der Waals surface area contributed by atoms with Crippen LogP contribution < -0.4 is 10.5 Å². The van der Waals surface area contributed by atoms with Gasteiger partial charge in [0.1, 0.15) is 9.39 Å². The van der Waals surface area contributed by atoms with Gasteiger partial charge in [0, 0.05) is 0 Å². The van der Waals surface area contributed by atoms with Crippen LogP contribution in [0.2, 0.25) is 0 Å². The number of alkyl halides is 3. The second kappa shape index (κ2) is 3.67. The lowest BCUT2D eigenvalue weighted by molar-refractivity contribution is -0.274. The van der Waals surface area contributed by atoms with Gasteiger partial charge in [-0.3, -0.25) is 0 Å². The number of hydrogen-bond acceptors (Lipinski definition) is 4. The highest BCUT2D eigenvalue weighted by molar-refractivity contribution is 14.1. The summed E-state index contributed by atoms with van der Waals surface area (Å²) in [5.74, 6) is -1.23. The number of rotatable bonds is 1. The van der Waals surface area contributed by atoms with Crippen LogP contribution in [-0.4, -0.2) is 16.5 Å². The molecule has 0 radical (unpaired) electrons. The van der Waals surface area contributed by atoms with E-state index >= 15 is 0 Å². The molecular weight excluding hydrogens is 316 g/mol. The molecule has 0 spiro atoms. The van der Waals surface area contributed by atoms with Gasteiger partial charge in [-0.1, -0.05) is 0 Å². The summed E-state index contributed by atoms with van der Waals surface area (Å²) in [6, 6.07) is 0. The molecule has 8 heteroatoms. The fraction of sp³-hybridized carbons (Fsp3) is 0.167. The van der Waals surface area contributed by atoms with Crippen LogP contribution in [0.3, 0.4) is 0 Å². The number of ether oxygens (including phenoxy) is 1. The third-order valence-electron chi connectivity index (χ3n) is 1.24. The van der Waals surface area contributed by atoms with Gasteiger partial charge in [0.2, 0.25) is 0 Å². The van der Waals surface area contributed by atoms with Crippen LogP contribution in [-0.2, 0) is 0 Å². The molecule has 0 saturated carbocycles. The van der Waals surface area contributed by atoms with E-state index in [1.165, 1.54) is 0 Å². The Hall–Kier alpha value is -0.930. The molecule has 0 unspecified atom stereocenters. The van der Waals surface area contributed by atoms with E-state index in [0.29, 0.717) is 0 Å². The average Bonchev–Trinajstić information content (AvgIpc) is 2.04. The first-order valence-corrected chi connectivity index (χ1v) is 4.28. The Morgan fingerprint density at radius 2 is 2.07 bits per heavy atom. The normalized spacial score (nSPS) is 11.4. The minimum Gasteiger partial charge on any atom is -0.503 e. The minimum absolute atomic E-state index is 0.106. The van der Waals surface area contributed by atoms with E-state index in [1.807, 2.05) is 0 Å². The summed E-state index contributed by atoms with van der Waals surface area (Å²) in [4.78, 5) is 3.46. The Kier molecular flexibility index (Phi) is 2.92. The number of pyridine rings is 1. The van der Waals surface area contributed by atoms with Gasteiger partial charge in [-0.15, -0.1) is 13.2 Å². The number of nitrogens with zero attached hydrogens (tertiary/aromatic N) is 1. The van der Waals surface area contributed by atoms with Gasteiger partial charge in [-0.2, -0.15) is 0 Å². The van der Waals surface area contributed by atoms with Crippen molar-refractivity contribution in [1.82, 2.24) is 4.98 Å². The highest BCUT2D eigenvalue weighted by Crippen LogP contribution is 2.35. The zero-order valence-electron chi connectivity index (χ0n) is 6.47. The van der Waals surface area contributed by atoms with Crippen molar-refractivity contribution in [2.75, 3.05) is 5.73 Å². The minimum atomic E-state index is -4.85. The van der Waals surface area contributed by atoms with Crippen molar-refractivity contribution in [3.8, 4) is 11.5 Å². The van der Waals surface area contributed by atoms with Gasteiger partial charge in [-0.05, 0) is 22.6 Å². The Labute approximate surface area is 90.0 Å². The molecule has 0 saturated heterocycles. The molecule has 1 aromatic rings. The lowest BCUT2D eigenvalue weighted by Crippen LogP contribution is -2.18. The van der Waals surface area contributed by atoms with Gasteiger partial charge < -0.3 is 15.6 Å². The van der Waals surface area contributed by atoms with Crippen molar-refractivity contribution in [3.63, 3.8) is 0 Å². The number of hydrogen-bond donors (Lipinski definition) is 2. The van der Waals surface area contributed by atoms with Crippen LogP contribution in [0.4, 0.5) is 18.9 Å². The predicted molar refractivity (Wildman–Crippen MR) is 49.7 cm³/mol. The Morgan fingerprint density at radius 3 is 2.57 bits per heavy atom. The van der Waals surface area contributed by atoms with E-state index in [9.17, 15) is 13.2 Å². The molecule has 14 heavy (non-hydrogen) atoms. The van der Waals surface area contributed by atoms with Gasteiger partial charge in [0.15, 0.2) is 11.5 Å². The molecule has 0 aliphatic heterocycles. The van der Waals surface area contributed by atoms with E-state index in [1.54, 1.807) is 22.6 Å². The first-order valence-electron chi connectivity index (χ1n) is 3.20. The van der Waals surface area contributed by atoms with Crippen LogP contribution >= 0.6 is 22.6 Å². The molecule has 78 valence electrons. The molecule has 0 aliphatic carbocycles. The predicted octanol–water partition coefficient (Wildman–Crippen LogP) is 1.87. The van der Waals surface area contributed by atoms with Crippen LogP contribution in [0, 0.1) is 3.70 Å². The van der Waals surface area contributed by atoms with E-state index in [0.717, 1.165) is 6.20 Å². The first kappa shape index (κ1) is 11.1. The monoisotopic (exact) mass is 320 g/mol. The van der Waals surface area contributed by atoms with Gasteiger partial charge >= 0.3 is 6.36 Å². The molecule has 0 bridgehead atoms. The zero-order valence-corrected chi connectivity index (χ0v) is 8.63. The number of nitrogen functional groups attached to an aromatic ring is 1. The van der Waals surface area contributed by atoms with Crippen LogP contribution in [0.25, 0.3) is 0 Å². The maximum atomic E-state index is 11.8. The van der Waals surface area contributed by atoms with E-state index in [-0.39, 0.29) is 3.70 Å². The molecule has 0 amide bonds. The third kappa shape index (κ3) is 2.53. The molecule has 0 aliphatic rings. The molecule has 0 aromatic carbocycles. The highest BCUT2D eigenvalue weighted by Gasteiger charge is 2.32. The Balaban J connectivity index is 3.06. The molecule has 0 atom stereocenters. The standard InChI is InChI=1S/C6H4F3IN2O2/c7-6(8,9)14-2-1-12-5(10)4(13)3(2)11/h1,13H,(H2,11,12). The van der Waals surface area contributed by atoms with Gasteiger partial charge in [0.25, 0.3) is 0 Å². The Morgan fingerprint density at radius 1 is 1.50 bits per heavy atom. The van der Waals surface area contributed by atoms with Crippen LogP contribution in [0.15, 0.2) is 6.20 Å². The molecular formula is C6H4F3IN2O2. The number of halogens is 4. The SMILES string of the molecule is Nc1c(OC(F)(F)F)cnc(I)c1O. The largest absolute Gasteiger partial charge is 0.573 e. The third-order valence-corrected chi connectivity index (χ3v) is 2.03. The summed E-state index contributed by atoms with van der Waals surface area (Å²) in [6.45, 7) is 0. The first-order chi connectivity index (χ1) is 6.31. The van der Waals surface area contributed by atoms with Gasteiger partial charge in [-0.25, -0.2) is 4.98 Å². The summed E-state index contributed by atoms with van der Waals surface area (Å²) in [6.07, 6.45) is -4.06. The van der Waals surface area contributed by atoms with Crippen molar-refractivity contribution in [2.24, 2.45) is 0 Å². The van der Waals surface area contributed by atoms with Crippen LogP contribution in [0.5, 0.6) is 11.5 Å². The molecule has 1 aromatic heterocycles. The lowest BCUT2D eigenvalue weighted by Gasteiger charge is -2.11. The molecule has 4 nitrogen and oxygen atoms in total. The fourth-order valence-electron chi connectivity index (χ4n) is 0.680. The number of aromatic hydroxyl groups is 1. The highest BCUT2D eigenvalue weighted by atomic mass is 127. The maximum Gasteiger partial charge on any atom is 0.573 e. The summed E-state index contributed by atoms with van der Waals surface area (Å²) in [5, 5.41) is 9.14. The summed E-state index contributed by atoms with van der Waals surface area (Å²) < 4.78 is 38.9. The van der Waals surface area contributed by atoms with Crippen molar-refractivity contribution >= 4 is 28.3 Å². The van der Waals surface area contributed by atoms with Crippen molar-refractivity contribution < 1.29 is 23.0 Å². The molecule has 0 fully saturated rings. The second-order valence-electron chi connectivity index (χ2n) is 2.22. The van der Waals surface area contributed by atoms with Crippen molar-refractivity contribution in [2.45, 2.75) is 6.36 Å². The van der Waals surface area contributed by atoms with Gasteiger partial charge in [0.05, 0.1) is 6.20 Å². The lowest BCUT2D eigenvalue weighted by atomic mass is 10.3. The number of anilines is 1. The topological polar surface area (TPSA) is 68.4 Å². The summed E-state index contributed by atoms with van der Waals surface area (Å²) >= 11 is 1.63. The summed E-state index contributed by atoms with van der Waals surface area (Å²) in [7, 11) is 0. The fourth-order valence-corrected chi connectivity index (χ4v) is 1.11. The number of nitrogens with two attached hydrogens (primary N) is 1. The smallest absolute Gasteiger partial charge is 0.503 e. The van der Waals surface area contributed by atoms with E-state index < -0.39 is 23.5 Å². The van der Waals surface area contributed by atoms with Crippen LogP contribution in [0.1, 0.15) is 0 Å². The zero-order chi connectivity index (χ0) is 10.9. The van der Waals surface area contributed by atoms with Crippen molar-refractivity contribution in [1.29, 1.82) is 0 Å². The molecule has 3 N–H and O–H groups in total. The second-order valence-corrected chi connectivity index (χ2v) is 3.25.